The molecule has 1 heterocycles. The molecule has 1 aliphatic rings. The highest BCUT2D eigenvalue weighted by Crippen LogP contribution is 2.36. The normalized spacial score (nSPS) is 12.2. The average Bonchev–Trinajstić information content (AvgIpc) is 2.76. The fraction of sp³-hybridized carbons (Fsp3) is 0.130. The van der Waals surface area contributed by atoms with Crippen molar-refractivity contribution in [2.45, 2.75) is 6.42 Å². The summed E-state index contributed by atoms with van der Waals surface area (Å²) in [5.74, 6) is 0.828. The second-order valence-electron chi connectivity index (χ2n) is 6.68. The van der Waals surface area contributed by atoms with Gasteiger partial charge in [0.1, 0.15) is 13.2 Å². The van der Waals surface area contributed by atoms with Gasteiger partial charge in [-0.15, -0.1) is 0 Å². The molecule has 0 saturated heterocycles. The van der Waals surface area contributed by atoms with Gasteiger partial charge in [0, 0.05) is 10.0 Å². The summed E-state index contributed by atoms with van der Waals surface area (Å²) in [7, 11) is 0. The zero-order valence-corrected chi connectivity index (χ0v) is 17.6. The van der Waals surface area contributed by atoms with Crippen molar-refractivity contribution in [3.05, 3.63) is 82.3 Å². The van der Waals surface area contributed by atoms with Gasteiger partial charge in [-0.2, -0.15) is 0 Å². The maximum atomic E-state index is 12.7. The predicted molar refractivity (Wildman–Crippen MR) is 118 cm³/mol. The topological polar surface area (TPSA) is 76.7 Å². The summed E-state index contributed by atoms with van der Waals surface area (Å²) >= 11 is 3.49. The Bertz CT molecular complexity index is 1090. The lowest BCUT2D eigenvalue weighted by Gasteiger charge is -2.20. The van der Waals surface area contributed by atoms with E-state index in [0.717, 1.165) is 10.0 Å². The van der Waals surface area contributed by atoms with Crippen molar-refractivity contribution < 1.29 is 19.1 Å². The second kappa shape index (κ2) is 9.00. The second-order valence-corrected chi connectivity index (χ2v) is 7.53. The Kier molecular flexibility index (Phi) is 5.99. The van der Waals surface area contributed by atoms with E-state index in [4.69, 9.17) is 9.47 Å². The van der Waals surface area contributed by atoms with E-state index in [-0.39, 0.29) is 18.2 Å². The zero-order valence-electron chi connectivity index (χ0n) is 16.0. The lowest BCUT2D eigenvalue weighted by molar-refractivity contribution is -0.115. The van der Waals surface area contributed by atoms with Gasteiger partial charge in [0.2, 0.25) is 5.91 Å². The first-order valence-corrected chi connectivity index (χ1v) is 10.2. The molecule has 0 aliphatic carbocycles. The van der Waals surface area contributed by atoms with Crippen LogP contribution < -0.4 is 20.1 Å². The van der Waals surface area contributed by atoms with Crippen LogP contribution in [0.4, 0.5) is 11.4 Å². The van der Waals surface area contributed by atoms with Crippen LogP contribution in [0.5, 0.6) is 11.5 Å². The maximum absolute atomic E-state index is 12.7. The molecule has 4 rings (SSSR count). The van der Waals surface area contributed by atoms with E-state index in [1.54, 1.807) is 54.6 Å². The lowest BCUT2D eigenvalue weighted by Crippen LogP contribution is -2.19. The lowest BCUT2D eigenvalue weighted by atomic mass is 10.1. The SMILES string of the molecule is O=C(Cc1cc2c(cc1Br)OCCO2)Nc1ccccc1NC(=O)c1ccccc1. The van der Waals surface area contributed by atoms with Gasteiger partial charge in [-0.3, -0.25) is 9.59 Å². The molecule has 0 fully saturated rings. The van der Waals surface area contributed by atoms with Gasteiger partial charge < -0.3 is 20.1 Å². The number of hydrogen-bond acceptors (Lipinski definition) is 4. The van der Waals surface area contributed by atoms with Crippen LogP contribution in [-0.2, 0) is 11.2 Å². The molecule has 3 aromatic carbocycles. The van der Waals surface area contributed by atoms with E-state index in [1.807, 2.05) is 12.1 Å². The summed E-state index contributed by atoms with van der Waals surface area (Å²) in [6, 6.07) is 19.6. The van der Waals surface area contributed by atoms with Gasteiger partial charge in [-0.1, -0.05) is 46.3 Å². The van der Waals surface area contributed by atoms with Crippen LogP contribution in [0.15, 0.2) is 71.2 Å². The van der Waals surface area contributed by atoms with E-state index in [9.17, 15) is 9.59 Å². The van der Waals surface area contributed by atoms with Crippen LogP contribution in [0.2, 0.25) is 0 Å². The highest BCUT2D eigenvalue weighted by atomic mass is 79.9. The molecule has 0 atom stereocenters. The average molecular weight is 467 g/mol. The van der Waals surface area contributed by atoms with Crippen LogP contribution in [0.25, 0.3) is 0 Å². The van der Waals surface area contributed by atoms with E-state index in [0.29, 0.717) is 41.7 Å². The quantitative estimate of drug-likeness (QED) is 0.573. The standard InChI is InChI=1S/C23H19BrN2O4/c24-17-14-21-20(29-10-11-30-21)12-16(17)13-22(27)25-18-8-4-5-9-19(18)26-23(28)15-6-2-1-3-7-15/h1-9,12,14H,10-11,13H2,(H,25,27)(H,26,28). The molecule has 3 aromatic rings. The number of benzene rings is 3. The number of ether oxygens (including phenoxy) is 2. The van der Waals surface area contributed by atoms with Gasteiger partial charge in [-0.05, 0) is 42.0 Å². The van der Waals surface area contributed by atoms with E-state index < -0.39 is 0 Å². The highest BCUT2D eigenvalue weighted by molar-refractivity contribution is 9.10. The van der Waals surface area contributed by atoms with Crippen molar-refractivity contribution in [3.8, 4) is 11.5 Å². The molecular formula is C23H19BrN2O4. The first kappa shape index (κ1) is 20.0. The molecule has 0 spiro atoms. The number of hydrogen-bond donors (Lipinski definition) is 2. The molecule has 0 aromatic heterocycles. The molecule has 2 amide bonds. The van der Waals surface area contributed by atoms with Crippen molar-refractivity contribution in [1.82, 2.24) is 0 Å². The number of nitrogens with one attached hydrogen (secondary N) is 2. The number of carbonyl (C=O) groups is 2. The molecule has 0 unspecified atom stereocenters. The summed E-state index contributed by atoms with van der Waals surface area (Å²) in [5, 5.41) is 5.73. The van der Waals surface area contributed by atoms with Crippen molar-refractivity contribution in [2.75, 3.05) is 23.8 Å². The Morgan fingerprint density at radius 2 is 1.43 bits per heavy atom. The van der Waals surface area contributed by atoms with Crippen molar-refractivity contribution in [2.24, 2.45) is 0 Å². The first-order valence-electron chi connectivity index (χ1n) is 9.43. The molecule has 0 saturated carbocycles. The Hall–Kier alpha value is -3.32. The minimum absolute atomic E-state index is 0.137. The molecule has 6 nitrogen and oxygen atoms in total. The summed E-state index contributed by atoms with van der Waals surface area (Å²) in [5.41, 5.74) is 2.38. The van der Waals surface area contributed by atoms with Crippen LogP contribution in [0.3, 0.4) is 0 Å². The molecule has 30 heavy (non-hydrogen) atoms. The van der Waals surface area contributed by atoms with Crippen LogP contribution in [-0.4, -0.2) is 25.0 Å². The molecule has 2 N–H and O–H groups in total. The summed E-state index contributed by atoms with van der Waals surface area (Å²) in [6.07, 6.45) is 0.137. The molecule has 0 radical (unpaired) electrons. The van der Waals surface area contributed by atoms with Crippen molar-refractivity contribution in [1.29, 1.82) is 0 Å². The Labute approximate surface area is 182 Å². The largest absolute Gasteiger partial charge is 0.486 e. The zero-order chi connectivity index (χ0) is 20.9. The summed E-state index contributed by atoms with van der Waals surface area (Å²) in [4.78, 5) is 25.2. The molecular weight excluding hydrogens is 448 g/mol. The van der Waals surface area contributed by atoms with Gasteiger partial charge in [0.15, 0.2) is 11.5 Å². The number of para-hydroxylation sites is 2. The van der Waals surface area contributed by atoms with Gasteiger partial charge in [0.05, 0.1) is 17.8 Å². The number of rotatable bonds is 5. The number of fused-ring (bicyclic) bond motifs is 1. The van der Waals surface area contributed by atoms with E-state index in [1.165, 1.54) is 0 Å². The highest BCUT2D eigenvalue weighted by Gasteiger charge is 2.17. The van der Waals surface area contributed by atoms with Crippen LogP contribution in [0.1, 0.15) is 15.9 Å². The molecule has 7 heteroatoms. The number of amides is 2. The van der Waals surface area contributed by atoms with Crippen LogP contribution >= 0.6 is 15.9 Å². The predicted octanol–water partition coefficient (Wildman–Crippen LogP) is 4.65. The third kappa shape index (κ3) is 4.63. The van der Waals surface area contributed by atoms with Crippen molar-refractivity contribution >= 4 is 39.1 Å². The molecule has 152 valence electrons. The van der Waals surface area contributed by atoms with Gasteiger partial charge in [0.25, 0.3) is 5.91 Å². The maximum Gasteiger partial charge on any atom is 0.255 e. The smallest absolute Gasteiger partial charge is 0.255 e. The molecule has 0 bridgehead atoms. The van der Waals surface area contributed by atoms with Crippen molar-refractivity contribution in [3.63, 3.8) is 0 Å². The fourth-order valence-corrected chi connectivity index (χ4v) is 3.56. The summed E-state index contributed by atoms with van der Waals surface area (Å²) in [6.45, 7) is 0.986. The number of carbonyl (C=O) groups excluding carboxylic acids is 2. The van der Waals surface area contributed by atoms with E-state index in [2.05, 4.69) is 26.6 Å². The van der Waals surface area contributed by atoms with Crippen LogP contribution in [0, 0.1) is 0 Å². The minimum atomic E-state index is -0.244. The Morgan fingerprint density at radius 1 is 0.833 bits per heavy atom. The minimum Gasteiger partial charge on any atom is -0.486 e. The Balaban J connectivity index is 1.47. The monoisotopic (exact) mass is 466 g/mol. The molecule has 1 aliphatic heterocycles. The summed E-state index contributed by atoms with van der Waals surface area (Å²) < 4.78 is 11.9. The van der Waals surface area contributed by atoms with Gasteiger partial charge in [-0.25, -0.2) is 0 Å². The number of halogens is 1. The Morgan fingerprint density at radius 3 is 2.13 bits per heavy atom. The van der Waals surface area contributed by atoms with E-state index >= 15 is 0 Å². The number of anilines is 2. The van der Waals surface area contributed by atoms with Gasteiger partial charge >= 0.3 is 0 Å². The third-order valence-corrected chi connectivity index (χ3v) is 5.29. The first-order chi connectivity index (χ1) is 14.6. The fourth-order valence-electron chi connectivity index (χ4n) is 3.09. The third-order valence-electron chi connectivity index (χ3n) is 4.55.